The van der Waals surface area contributed by atoms with Gasteiger partial charge in [-0.1, -0.05) is 73.5 Å². The molecular formula is C41H44N4O6. The van der Waals surface area contributed by atoms with Crippen molar-refractivity contribution in [1.29, 1.82) is 0 Å². The molecule has 2 fully saturated rings. The van der Waals surface area contributed by atoms with Gasteiger partial charge in [0.25, 0.3) is 0 Å². The number of rotatable bonds is 7. The number of hydrogen-bond donors (Lipinski definition) is 2. The first-order valence-corrected chi connectivity index (χ1v) is 17.8. The SMILES string of the molecule is COC(=O)[C@@]12C[C@@H]1/C=C\CCCCC[C@H](Nc1ccccc1)C(=O)N1C[C@H](Oc3cc(-c4ccccc4)nc4cc(OC)ccc34)CC1C(=O)N2. The van der Waals surface area contributed by atoms with Crippen molar-refractivity contribution < 1.29 is 28.6 Å². The van der Waals surface area contributed by atoms with Crippen LogP contribution in [-0.2, 0) is 19.1 Å². The Bertz CT molecular complexity index is 1920. The molecule has 3 heterocycles. The Morgan fingerprint density at radius 3 is 2.51 bits per heavy atom. The normalized spacial score (nSPS) is 25.7. The maximum Gasteiger partial charge on any atom is 0.332 e. The van der Waals surface area contributed by atoms with E-state index in [-0.39, 0.29) is 24.8 Å². The van der Waals surface area contributed by atoms with Gasteiger partial charge >= 0.3 is 5.97 Å². The van der Waals surface area contributed by atoms with Crippen LogP contribution in [0, 0.1) is 5.92 Å². The largest absolute Gasteiger partial charge is 0.497 e. The third kappa shape index (κ3) is 7.27. The minimum atomic E-state index is -1.15. The molecule has 0 bridgehead atoms. The van der Waals surface area contributed by atoms with Crippen LogP contribution >= 0.6 is 0 Å². The lowest BCUT2D eigenvalue weighted by Gasteiger charge is -2.30. The van der Waals surface area contributed by atoms with Gasteiger partial charge in [0.1, 0.15) is 35.2 Å². The summed E-state index contributed by atoms with van der Waals surface area (Å²) in [4.78, 5) is 48.6. The number of methoxy groups -OCH3 is 2. The zero-order valence-corrected chi connectivity index (χ0v) is 29.0. The Balaban J connectivity index is 1.23. The van der Waals surface area contributed by atoms with Crippen molar-refractivity contribution in [3.63, 3.8) is 0 Å². The molecule has 10 nitrogen and oxygen atoms in total. The van der Waals surface area contributed by atoms with Crippen LogP contribution in [0.15, 0.2) is 97.1 Å². The van der Waals surface area contributed by atoms with E-state index in [0.717, 1.165) is 48.0 Å². The monoisotopic (exact) mass is 688 g/mol. The van der Waals surface area contributed by atoms with Crippen molar-refractivity contribution in [2.24, 2.45) is 5.92 Å². The summed E-state index contributed by atoms with van der Waals surface area (Å²) in [6.45, 7) is 0.194. The van der Waals surface area contributed by atoms with Crippen LogP contribution in [0.3, 0.4) is 0 Å². The highest BCUT2D eigenvalue weighted by Crippen LogP contribution is 2.46. The number of pyridine rings is 1. The number of benzene rings is 3. The Hall–Kier alpha value is -5.38. The molecule has 0 radical (unpaired) electrons. The summed E-state index contributed by atoms with van der Waals surface area (Å²) in [7, 11) is 2.96. The van der Waals surface area contributed by atoms with Crippen molar-refractivity contribution in [3.05, 3.63) is 97.1 Å². The van der Waals surface area contributed by atoms with Crippen LogP contribution in [0.4, 0.5) is 5.69 Å². The minimum absolute atomic E-state index is 0.166. The number of esters is 1. The molecule has 1 aromatic heterocycles. The molecule has 264 valence electrons. The third-order valence-electron chi connectivity index (χ3n) is 10.2. The molecular weight excluding hydrogens is 644 g/mol. The zero-order valence-electron chi connectivity index (χ0n) is 29.0. The van der Waals surface area contributed by atoms with Crippen LogP contribution in [0.2, 0.25) is 0 Å². The molecule has 2 amide bonds. The maximum atomic E-state index is 14.6. The predicted octanol–water partition coefficient (Wildman–Crippen LogP) is 6.31. The van der Waals surface area contributed by atoms with E-state index >= 15 is 0 Å². The maximum absolute atomic E-state index is 14.6. The van der Waals surface area contributed by atoms with Crippen LogP contribution in [0.1, 0.15) is 44.9 Å². The fraction of sp³-hybridized carbons (Fsp3) is 0.366. The Kier molecular flexibility index (Phi) is 9.92. The highest BCUT2D eigenvalue weighted by molar-refractivity contribution is 5.96. The van der Waals surface area contributed by atoms with E-state index in [1.54, 1.807) is 12.0 Å². The van der Waals surface area contributed by atoms with Gasteiger partial charge in [-0.3, -0.25) is 9.59 Å². The number of aromatic nitrogens is 1. The summed E-state index contributed by atoms with van der Waals surface area (Å²) in [5.74, 6) is 0.0598. The lowest BCUT2D eigenvalue weighted by molar-refractivity contribution is -0.148. The molecule has 1 saturated heterocycles. The lowest BCUT2D eigenvalue weighted by Crippen LogP contribution is -2.55. The summed E-state index contributed by atoms with van der Waals surface area (Å²) in [5, 5.41) is 7.29. The zero-order chi connectivity index (χ0) is 35.4. The Morgan fingerprint density at radius 2 is 1.75 bits per heavy atom. The summed E-state index contributed by atoms with van der Waals surface area (Å²) < 4.78 is 17.4. The Labute approximate surface area is 298 Å². The second-order valence-electron chi connectivity index (χ2n) is 13.6. The number of amides is 2. The van der Waals surface area contributed by atoms with E-state index in [2.05, 4.69) is 16.7 Å². The van der Waals surface area contributed by atoms with E-state index in [9.17, 15) is 14.4 Å². The lowest BCUT2D eigenvalue weighted by atomic mass is 10.0. The number of anilines is 1. The molecule has 3 aromatic carbocycles. The van der Waals surface area contributed by atoms with Gasteiger partial charge in [0.2, 0.25) is 11.8 Å². The first-order chi connectivity index (χ1) is 24.9. The fourth-order valence-corrected chi connectivity index (χ4v) is 7.39. The van der Waals surface area contributed by atoms with E-state index < -0.39 is 35.6 Å². The van der Waals surface area contributed by atoms with Gasteiger partial charge in [-0.25, -0.2) is 9.78 Å². The quantitative estimate of drug-likeness (QED) is 0.171. The highest BCUT2D eigenvalue weighted by Gasteiger charge is 2.62. The number of allylic oxidation sites excluding steroid dienone is 1. The average Bonchev–Trinajstić information content (AvgIpc) is 3.69. The molecule has 7 rings (SSSR count). The number of nitrogens with zero attached hydrogens (tertiary/aromatic N) is 2. The van der Waals surface area contributed by atoms with Gasteiger partial charge in [0.15, 0.2) is 0 Å². The van der Waals surface area contributed by atoms with Gasteiger partial charge in [0.05, 0.1) is 32.0 Å². The van der Waals surface area contributed by atoms with E-state index in [1.165, 1.54) is 7.11 Å². The molecule has 2 N–H and O–H groups in total. The van der Waals surface area contributed by atoms with Crippen molar-refractivity contribution in [3.8, 4) is 22.8 Å². The molecule has 1 unspecified atom stereocenters. The topological polar surface area (TPSA) is 119 Å². The number of fused-ring (bicyclic) bond motifs is 3. The third-order valence-corrected chi connectivity index (χ3v) is 10.2. The second kappa shape index (κ2) is 14.8. The molecule has 4 aromatic rings. The van der Waals surface area contributed by atoms with E-state index in [1.807, 2.05) is 91.0 Å². The molecule has 0 spiro atoms. The number of ether oxygens (including phenoxy) is 3. The van der Waals surface area contributed by atoms with Crippen LogP contribution in [0.25, 0.3) is 22.2 Å². The summed E-state index contributed by atoms with van der Waals surface area (Å²) in [6, 6.07) is 25.7. The summed E-state index contributed by atoms with van der Waals surface area (Å²) in [5.41, 5.74) is 2.04. The van der Waals surface area contributed by atoms with Crippen LogP contribution < -0.4 is 20.1 Å². The smallest absolute Gasteiger partial charge is 0.332 e. The van der Waals surface area contributed by atoms with Gasteiger partial charge in [0, 0.05) is 41.1 Å². The predicted molar refractivity (Wildman–Crippen MR) is 195 cm³/mol. The second-order valence-corrected chi connectivity index (χ2v) is 13.6. The Morgan fingerprint density at radius 1 is 0.961 bits per heavy atom. The molecule has 10 heteroatoms. The number of carbonyl (C=O) groups excluding carboxylic acids is 3. The minimum Gasteiger partial charge on any atom is -0.497 e. The summed E-state index contributed by atoms with van der Waals surface area (Å²) >= 11 is 0. The number of hydrogen-bond acceptors (Lipinski definition) is 8. The first-order valence-electron chi connectivity index (χ1n) is 17.8. The number of para-hydroxylation sites is 1. The molecule has 1 aliphatic carbocycles. The van der Waals surface area contributed by atoms with E-state index in [0.29, 0.717) is 29.9 Å². The highest BCUT2D eigenvalue weighted by atomic mass is 16.5. The van der Waals surface area contributed by atoms with Gasteiger partial charge < -0.3 is 29.7 Å². The number of carbonyl (C=O) groups is 3. The number of nitrogens with one attached hydrogen (secondary N) is 2. The first kappa shape index (κ1) is 34.1. The molecule has 3 aliphatic rings. The van der Waals surface area contributed by atoms with Crippen molar-refractivity contribution in [2.75, 3.05) is 26.1 Å². The summed E-state index contributed by atoms with van der Waals surface area (Å²) in [6.07, 6.45) is 8.54. The van der Waals surface area contributed by atoms with Crippen molar-refractivity contribution in [1.82, 2.24) is 15.2 Å². The van der Waals surface area contributed by atoms with Gasteiger partial charge in [-0.05, 0) is 49.9 Å². The molecule has 1 saturated carbocycles. The molecule has 51 heavy (non-hydrogen) atoms. The molecule has 2 aliphatic heterocycles. The van der Waals surface area contributed by atoms with E-state index in [4.69, 9.17) is 19.2 Å². The fourth-order valence-electron chi connectivity index (χ4n) is 7.39. The standard InChI is InChI=1S/C41H44N4O6/c1-49-30-20-21-32-35(22-30)43-34(27-14-8-6-9-15-27)24-37(32)51-31-23-36-38(46)44-41(40(48)50-2)25-28(41)16-10-4-3-5-13-19-33(39(47)45(36)26-31)42-29-17-11-7-12-18-29/h6-12,14-18,20-22,24,28,31,33,36,42H,3-5,13,19,23,25-26H2,1-2H3,(H,44,46)/b16-10-/t28-,31+,33-,36?,41+/m0/s1. The van der Waals surface area contributed by atoms with Gasteiger partial charge in [-0.2, -0.15) is 0 Å². The van der Waals surface area contributed by atoms with Gasteiger partial charge in [-0.15, -0.1) is 0 Å². The van der Waals surface area contributed by atoms with Crippen LogP contribution in [0.5, 0.6) is 11.5 Å². The van der Waals surface area contributed by atoms with Crippen molar-refractivity contribution in [2.45, 2.75) is 68.7 Å². The average molecular weight is 689 g/mol. The van der Waals surface area contributed by atoms with Crippen LogP contribution in [-0.4, -0.2) is 72.2 Å². The van der Waals surface area contributed by atoms with Crippen molar-refractivity contribution >= 4 is 34.4 Å². The molecule has 5 atom stereocenters.